The first kappa shape index (κ1) is 12.0. The van der Waals surface area contributed by atoms with Gasteiger partial charge < -0.3 is 10.2 Å². The number of carbonyl (C=O) groups is 1. The van der Waals surface area contributed by atoms with E-state index in [0.29, 0.717) is 5.69 Å². The second-order valence-corrected chi connectivity index (χ2v) is 4.69. The molecule has 0 radical (unpaired) electrons. The second-order valence-electron chi connectivity index (χ2n) is 4.69. The molecule has 1 aliphatic heterocycles. The average molecular weight is 234 g/mol. The molecule has 1 N–H and O–H groups in total. The van der Waals surface area contributed by atoms with Gasteiger partial charge in [0.15, 0.2) is 0 Å². The minimum Gasteiger partial charge on any atom is -0.337 e. The summed E-state index contributed by atoms with van der Waals surface area (Å²) in [6.45, 7) is 3.73. The molecule has 92 valence electrons. The van der Waals surface area contributed by atoms with Crippen LogP contribution in [0.4, 0.5) is 0 Å². The molecule has 1 aliphatic rings. The Hall–Kier alpha value is -1.49. The summed E-state index contributed by atoms with van der Waals surface area (Å²) in [7, 11) is 1.97. The van der Waals surface area contributed by atoms with E-state index in [1.807, 2.05) is 11.9 Å². The first-order chi connectivity index (χ1) is 8.14. The number of aromatic nitrogens is 2. The summed E-state index contributed by atoms with van der Waals surface area (Å²) in [4.78, 5) is 21.9. The largest absolute Gasteiger partial charge is 0.337 e. The number of amides is 1. The van der Waals surface area contributed by atoms with Crippen molar-refractivity contribution >= 4 is 5.91 Å². The first-order valence-corrected chi connectivity index (χ1v) is 5.89. The zero-order chi connectivity index (χ0) is 12.3. The molecule has 1 fully saturated rings. The lowest BCUT2D eigenvalue weighted by Gasteiger charge is -2.39. The minimum atomic E-state index is -0.0174. The number of hydrogen-bond acceptors (Lipinski definition) is 4. The number of piperidine rings is 1. The molecule has 1 aromatic heterocycles. The van der Waals surface area contributed by atoms with Gasteiger partial charge in [0.2, 0.25) is 0 Å². The quantitative estimate of drug-likeness (QED) is 0.818. The molecule has 0 aromatic carbocycles. The molecule has 1 saturated heterocycles. The summed E-state index contributed by atoms with van der Waals surface area (Å²) < 4.78 is 0. The van der Waals surface area contributed by atoms with E-state index in [0.717, 1.165) is 25.9 Å². The number of carbonyl (C=O) groups excluding carboxylic acids is 1. The lowest BCUT2D eigenvalue weighted by atomic mass is 9.90. The fourth-order valence-electron chi connectivity index (χ4n) is 2.02. The van der Waals surface area contributed by atoms with E-state index in [1.54, 1.807) is 12.4 Å². The van der Waals surface area contributed by atoms with Gasteiger partial charge in [-0.3, -0.25) is 9.78 Å². The van der Waals surface area contributed by atoms with Gasteiger partial charge in [-0.05, 0) is 26.8 Å². The van der Waals surface area contributed by atoms with Crippen LogP contribution in [0.3, 0.4) is 0 Å². The summed E-state index contributed by atoms with van der Waals surface area (Å²) in [6, 6.07) is 0. The van der Waals surface area contributed by atoms with Crippen molar-refractivity contribution < 1.29 is 4.79 Å². The average Bonchev–Trinajstić information content (AvgIpc) is 2.40. The van der Waals surface area contributed by atoms with Gasteiger partial charge in [0.25, 0.3) is 5.91 Å². The fraction of sp³-hybridized carbons (Fsp3) is 0.583. The van der Waals surface area contributed by atoms with Gasteiger partial charge in [-0.2, -0.15) is 0 Å². The summed E-state index contributed by atoms with van der Waals surface area (Å²) in [5.41, 5.74) is 0.583. The molecule has 0 spiro atoms. The SMILES string of the molecule is CNC1(C)CCN(C(=O)c2cnccn2)CC1. The molecule has 0 atom stereocenters. The van der Waals surface area contributed by atoms with E-state index in [9.17, 15) is 4.79 Å². The highest BCUT2D eigenvalue weighted by atomic mass is 16.2. The van der Waals surface area contributed by atoms with Gasteiger partial charge in [0.1, 0.15) is 5.69 Å². The van der Waals surface area contributed by atoms with E-state index < -0.39 is 0 Å². The maximum absolute atomic E-state index is 12.1. The Bertz CT molecular complexity index is 385. The van der Waals surface area contributed by atoms with Gasteiger partial charge in [-0.15, -0.1) is 0 Å². The van der Waals surface area contributed by atoms with Gasteiger partial charge in [0, 0.05) is 31.0 Å². The number of nitrogens with zero attached hydrogens (tertiary/aromatic N) is 3. The molecule has 0 bridgehead atoms. The second kappa shape index (κ2) is 4.79. The molecule has 2 rings (SSSR count). The molecule has 5 nitrogen and oxygen atoms in total. The number of rotatable bonds is 2. The summed E-state index contributed by atoms with van der Waals surface area (Å²) in [5.74, 6) is -0.0174. The van der Waals surface area contributed by atoms with Crippen LogP contribution in [-0.4, -0.2) is 46.5 Å². The zero-order valence-electron chi connectivity index (χ0n) is 10.3. The van der Waals surface area contributed by atoms with Gasteiger partial charge in [-0.1, -0.05) is 0 Å². The van der Waals surface area contributed by atoms with Crippen molar-refractivity contribution in [2.75, 3.05) is 20.1 Å². The molecule has 0 saturated carbocycles. The summed E-state index contributed by atoms with van der Waals surface area (Å²) >= 11 is 0. The van der Waals surface area contributed by atoms with Crippen LogP contribution in [0.15, 0.2) is 18.6 Å². The Labute approximate surface area is 101 Å². The van der Waals surface area contributed by atoms with Crippen LogP contribution in [0.2, 0.25) is 0 Å². The Morgan fingerprint density at radius 2 is 2.12 bits per heavy atom. The third-order valence-electron chi connectivity index (χ3n) is 3.54. The van der Waals surface area contributed by atoms with Crippen LogP contribution >= 0.6 is 0 Å². The highest BCUT2D eigenvalue weighted by Gasteiger charge is 2.30. The molecular formula is C12H18N4O. The summed E-state index contributed by atoms with van der Waals surface area (Å²) in [5, 5.41) is 3.31. The molecule has 0 aliphatic carbocycles. The van der Waals surface area contributed by atoms with E-state index in [4.69, 9.17) is 0 Å². The van der Waals surface area contributed by atoms with Crippen molar-refractivity contribution in [3.05, 3.63) is 24.3 Å². The predicted molar refractivity (Wildman–Crippen MR) is 64.6 cm³/mol. The van der Waals surface area contributed by atoms with Crippen LogP contribution in [0.5, 0.6) is 0 Å². The third kappa shape index (κ3) is 2.61. The van der Waals surface area contributed by atoms with Crippen molar-refractivity contribution in [3.63, 3.8) is 0 Å². The summed E-state index contributed by atoms with van der Waals surface area (Å²) in [6.07, 6.45) is 6.58. The minimum absolute atomic E-state index is 0.0174. The van der Waals surface area contributed by atoms with Crippen molar-refractivity contribution in [1.82, 2.24) is 20.2 Å². The maximum atomic E-state index is 12.1. The topological polar surface area (TPSA) is 58.1 Å². The third-order valence-corrected chi connectivity index (χ3v) is 3.54. The number of nitrogens with one attached hydrogen (secondary N) is 1. The standard InChI is InChI=1S/C12H18N4O/c1-12(13-2)3-7-16(8-4-12)11(17)10-9-14-5-6-15-10/h5-6,9,13H,3-4,7-8H2,1-2H3. The first-order valence-electron chi connectivity index (χ1n) is 5.89. The van der Waals surface area contributed by atoms with Crippen molar-refractivity contribution in [2.45, 2.75) is 25.3 Å². The Kier molecular flexibility index (Phi) is 3.38. The van der Waals surface area contributed by atoms with Crippen LogP contribution in [-0.2, 0) is 0 Å². The molecule has 1 amide bonds. The lowest BCUT2D eigenvalue weighted by Crippen LogP contribution is -2.51. The van der Waals surface area contributed by atoms with Crippen LogP contribution in [0, 0.1) is 0 Å². The highest BCUT2D eigenvalue weighted by Crippen LogP contribution is 2.21. The zero-order valence-corrected chi connectivity index (χ0v) is 10.3. The number of likely N-dealkylation sites (tertiary alicyclic amines) is 1. The normalized spacial score (nSPS) is 19.1. The Morgan fingerprint density at radius 1 is 1.41 bits per heavy atom. The molecule has 0 unspecified atom stereocenters. The molecule has 5 heteroatoms. The molecular weight excluding hydrogens is 216 g/mol. The smallest absolute Gasteiger partial charge is 0.274 e. The van der Waals surface area contributed by atoms with Gasteiger partial charge in [-0.25, -0.2) is 4.98 Å². The lowest BCUT2D eigenvalue weighted by molar-refractivity contribution is 0.0655. The van der Waals surface area contributed by atoms with Crippen LogP contribution < -0.4 is 5.32 Å². The highest BCUT2D eigenvalue weighted by molar-refractivity contribution is 5.92. The maximum Gasteiger partial charge on any atom is 0.274 e. The fourth-order valence-corrected chi connectivity index (χ4v) is 2.02. The molecule has 17 heavy (non-hydrogen) atoms. The van der Waals surface area contributed by atoms with Crippen LogP contribution in [0.25, 0.3) is 0 Å². The Morgan fingerprint density at radius 3 is 2.65 bits per heavy atom. The van der Waals surface area contributed by atoms with E-state index in [1.165, 1.54) is 6.20 Å². The van der Waals surface area contributed by atoms with E-state index >= 15 is 0 Å². The molecule has 1 aromatic rings. The Balaban J connectivity index is 2.00. The monoisotopic (exact) mass is 234 g/mol. The van der Waals surface area contributed by atoms with Crippen molar-refractivity contribution in [3.8, 4) is 0 Å². The van der Waals surface area contributed by atoms with Crippen LogP contribution in [0.1, 0.15) is 30.3 Å². The number of hydrogen-bond donors (Lipinski definition) is 1. The molecule has 2 heterocycles. The van der Waals surface area contributed by atoms with E-state index in [-0.39, 0.29) is 11.4 Å². The predicted octanol–water partition coefficient (Wildman–Crippen LogP) is 0.691. The van der Waals surface area contributed by atoms with Gasteiger partial charge >= 0.3 is 0 Å². The van der Waals surface area contributed by atoms with Crippen molar-refractivity contribution in [1.29, 1.82) is 0 Å². The van der Waals surface area contributed by atoms with Crippen molar-refractivity contribution in [2.24, 2.45) is 0 Å². The van der Waals surface area contributed by atoms with E-state index in [2.05, 4.69) is 22.2 Å². The van der Waals surface area contributed by atoms with Gasteiger partial charge in [0.05, 0.1) is 6.20 Å².